The molecule has 0 aliphatic carbocycles. The number of nitrogens with two attached hydrogens (primary N) is 1. The van der Waals surface area contributed by atoms with Crippen molar-refractivity contribution >= 4 is 43.2 Å². The quantitative estimate of drug-likeness (QED) is 0.760. The fourth-order valence-corrected chi connectivity index (χ4v) is 4.71. The molecule has 0 spiro atoms. The fourth-order valence-electron chi connectivity index (χ4n) is 2.35. The largest absolute Gasteiger partial charge is 0.392 e. The zero-order valence-corrected chi connectivity index (χ0v) is 14.9. The van der Waals surface area contributed by atoms with Crippen molar-refractivity contribution in [3.8, 4) is 0 Å². The third-order valence-corrected chi connectivity index (χ3v) is 6.17. The Balaban J connectivity index is 2.30. The van der Waals surface area contributed by atoms with Crippen molar-refractivity contribution in [1.82, 2.24) is 9.62 Å². The SMILES string of the molecule is CN1CCC(NS(=O)(=O)c2cccc(Br)c2)(C(N)=S)CC1. The van der Waals surface area contributed by atoms with E-state index >= 15 is 0 Å². The summed E-state index contributed by atoms with van der Waals surface area (Å²) in [5, 5.41) is 0. The molecular weight excluding hydrogens is 374 g/mol. The second kappa shape index (κ2) is 6.29. The number of hydrogen-bond donors (Lipinski definition) is 2. The average molecular weight is 392 g/mol. The highest BCUT2D eigenvalue weighted by Crippen LogP contribution is 2.25. The highest BCUT2D eigenvalue weighted by atomic mass is 79.9. The van der Waals surface area contributed by atoms with Gasteiger partial charge >= 0.3 is 0 Å². The van der Waals surface area contributed by atoms with E-state index in [1.54, 1.807) is 24.3 Å². The number of thiocarbonyl (C=S) groups is 1. The van der Waals surface area contributed by atoms with E-state index in [0.29, 0.717) is 17.3 Å². The van der Waals surface area contributed by atoms with E-state index in [4.69, 9.17) is 18.0 Å². The lowest BCUT2D eigenvalue weighted by Gasteiger charge is -2.40. The molecule has 0 bridgehead atoms. The standard InChI is InChI=1S/C13H18BrN3O2S2/c1-17-7-5-13(6-8-17,12(15)20)16-21(18,19)11-4-2-3-10(14)9-11/h2-4,9,16H,5-8H2,1H3,(H2,15,20). The van der Waals surface area contributed by atoms with E-state index in [-0.39, 0.29) is 9.88 Å². The number of sulfonamides is 1. The van der Waals surface area contributed by atoms with Crippen LogP contribution < -0.4 is 10.5 Å². The molecule has 0 amide bonds. The Bertz CT molecular complexity index is 641. The zero-order chi connectivity index (χ0) is 15.7. The smallest absolute Gasteiger partial charge is 0.241 e. The Morgan fingerprint density at radius 1 is 1.43 bits per heavy atom. The van der Waals surface area contributed by atoms with Crippen LogP contribution in [0.4, 0.5) is 0 Å². The van der Waals surface area contributed by atoms with Crippen LogP contribution in [0.1, 0.15) is 12.8 Å². The lowest BCUT2D eigenvalue weighted by Crippen LogP contribution is -2.61. The zero-order valence-electron chi connectivity index (χ0n) is 11.7. The summed E-state index contributed by atoms with van der Waals surface area (Å²) in [4.78, 5) is 2.53. The number of halogens is 1. The topological polar surface area (TPSA) is 75.4 Å². The van der Waals surface area contributed by atoms with Gasteiger partial charge < -0.3 is 10.6 Å². The van der Waals surface area contributed by atoms with Gasteiger partial charge in [-0.2, -0.15) is 4.72 Å². The molecule has 1 aliphatic rings. The molecule has 0 atom stereocenters. The minimum atomic E-state index is -3.67. The molecule has 0 saturated carbocycles. The number of benzene rings is 1. The summed E-state index contributed by atoms with van der Waals surface area (Å²) in [5.41, 5.74) is 5.00. The van der Waals surface area contributed by atoms with Gasteiger partial charge in [-0.15, -0.1) is 0 Å². The molecule has 8 heteroatoms. The van der Waals surface area contributed by atoms with Crippen LogP contribution in [0.5, 0.6) is 0 Å². The minimum absolute atomic E-state index is 0.200. The normalized spacial score (nSPS) is 19.3. The van der Waals surface area contributed by atoms with Crippen LogP contribution in [0.3, 0.4) is 0 Å². The molecular formula is C13H18BrN3O2S2. The first-order chi connectivity index (χ1) is 9.75. The van der Waals surface area contributed by atoms with Crippen molar-refractivity contribution in [3.05, 3.63) is 28.7 Å². The minimum Gasteiger partial charge on any atom is -0.392 e. The molecule has 116 valence electrons. The first kappa shape index (κ1) is 16.8. The number of rotatable bonds is 4. The highest BCUT2D eigenvalue weighted by molar-refractivity contribution is 9.10. The number of nitrogens with zero attached hydrogens (tertiary/aromatic N) is 1. The van der Waals surface area contributed by atoms with Crippen LogP contribution in [0.15, 0.2) is 33.6 Å². The maximum absolute atomic E-state index is 12.6. The molecule has 0 aromatic heterocycles. The molecule has 2 rings (SSSR count). The van der Waals surface area contributed by atoms with Gasteiger partial charge in [-0.05, 0) is 38.1 Å². The van der Waals surface area contributed by atoms with E-state index in [0.717, 1.165) is 13.1 Å². The van der Waals surface area contributed by atoms with Crippen molar-refractivity contribution in [1.29, 1.82) is 0 Å². The van der Waals surface area contributed by atoms with Gasteiger partial charge in [-0.25, -0.2) is 8.42 Å². The van der Waals surface area contributed by atoms with Gasteiger partial charge in [-0.1, -0.05) is 34.2 Å². The second-order valence-corrected chi connectivity index (χ2v) is 8.35. The number of piperidine rings is 1. The lowest BCUT2D eigenvalue weighted by molar-refractivity contribution is 0.220. The van der Waals surface area contributed by atoms with Crippen LogP contribution in [0.25, 0.3) is 0 Å². The summed E-state index contributed by atoms with van der Waals surface area (Å²) >= 11 is 8.41. The summed E-state index contributed by atoms with van der Waals surface area (Å²) < 4.78 is 28.6. The van der Waals surface area contributed by atoms with Crippen LogP contribution >= 0.6 is 28.1 Å². The van der Waals surface area contributed by atoms with Gasteiger partial charge in [0.05, 0.1) is 15.4 Å². The molecule has 1 heterocycles. The molecule has 21 heavy (non-hydrogen) atoms. The van der Waals surface area contributed by atoms with Crippen molar-refractivity contribution in [2.24, 2.45) is 5.73 Å². The van der Waals surface area contributed by atoms with E-state index in [2.05, 4.69) is 25.6 Å². The van der Waals surface area contributed by atoms with Crippen molar-refractivity contribution in [3.63, 3.8) is 0 Å². The first-order valence-electron chi connectivity index (χ1n) is 6.53. The van der Waals surface area contributed by atoms with Crippen LogP contribution in [0, 0.1) is 0 Å². The molecule has 0 radical (unpaired) electrons. The van der Waals surface area contributed by atoms with E-state index < -0.39 is 15.6 Å². The maximum Gasteiger partial charge on any atom is 0.241 e. The molecule has 1 aliphatic heterocycles. The number of nitrogens with one attached hydrogen (secondary N) is 1. The summed E-state index contributed by atoms with van der Waals surface area (Å²) in [6, 6.07) is 6.57. The average Bonchev–Trinajstić information content (AvgIpc) is 2.41. The van der Waals surface area contributed by atoms with Crippen molar-refractivity contribution < 1.29 is 8.42 Å². The molecule has 1 saturated heterocycles. The first-order valence-corrected chi connectivity index (χ1v) is 9.22. The highest BCUT2D eigenvalue weighted by Gasteiger charge is 2.40. The summed E-state index contributed by atoms with van der Waals surface area (Å²) in [6.07, 6.45) is 1.15. The third-order valence-electron chi connectivity index (χ3n) is 3.75. The van der Waals surface area contributed by atoms with E-state index in [1.807, 2.05) is 7.05 Å². The van der Waals surface area contributed by atoms with Gasteiger partial charge in [0.2, 0.25) is 10.0 Å². The lowest BCUT2D eigenvalue weighted by atomic mass is 9.89. The maximum atomic E-state index is 12.6. The Kier molecular flexibility index (Phi) is 5.04. The Labute approximate surface area is 139 Å². The Morgan fingerprint density at radius 2 is 2.05 bits per heavy atom. The van der Waals surface area contributed by atoms with Crippen LogP contribution in [-0.4, -0.2) is 44.0 Å². The summed E-state index contributed by atoms with van der Waals surface area (Å²) in [6.45, 7) is 1.50. The monoisotopic (exact) mass is 391 g/mol. The number of hydrogen-bond acceptors (Lipinski definition) is 4. The van der Waals surface area contributed by atoms with Gasteiger partial charge in [0, 0.05) is 17.6 Å². The van der Waals surface area contributed by atoms with Gasteiger partial charge in [-0.3, -0.25) is 0 Å². The molecule has 5 nitrogen and oxygen atoms in total. The van der Waals surface area contributed by atoms with Crippen LogP contribution in [0.2, 0.25) is 0 Å². The predicted molar refractivity (Wildman–Crippen MR) is 90.7 cm³/mol. The van der Waals surface area contributed by atoms with Crippen LogP contribution in [-0.2, 0) is 10.0 Å². The summed E-state index contributed by atoms with van der Waals surface area (Å²) in [5.74, 6) is 0. The second-order valence-electron chi connectivity index (χ2n) is 5.31. The van der Waals surface area contributed by atoms with E-state index in [1.165, 1.54) is 0 Å². The Morgan fingerprint density at radius 3 is 2.57 bits per heavy atom. The molecule has 1 aromatic carbocycles. The molecule has 0 unspecified atom stereocenters. The summed E-state index contributed by atoms with van der Waals surface area (Å²) in [7, 11) is -1.68. The van der Waals surface area contributed by atoms with Crippen molar-refractivity contribution in [2.75, 3.05) is 20.1 Å². The van der Waals surface area contributed by atoms with Gasteiger partial charge in [0.15, 0.2) is 0 Å². The number of likely N-dealkylation sites (tertiary alicyclic amines) is 1. The van der Waals surface area contributed by atoms with Gasteiger partial charge in [0.25, 0.3) is 0 Å². The molecule has 1 fully saturated rings. The molecule has 1 aromatic rings. The third kappa shape index (κ3) is 3.81. The van der Waals surface area contributed by atoms with Gasteiger partial charge in [0.1, 0.15) is 0 Å². The Hall–Kier alpha value is -0.540. The van der Waals surface area contributed by atoms with E-state index in [9.17, 15) is 8.42 Å². The predicted octanol–water partition coefficient (Wildman–Crippen LogP) is 1.48. The fraction of sp³-hybridized carbons (Fsp3) is 0.462. The molecule has 3 N–H and O–H groups in total. The van der Waals surface area contributed by atoms with Crippen molar-refractivity contribution in [2.45, 2.75) is 23.3 Å².